The molecule has 1 aromatic rings. The smallest absolute Gasteiger partial charge is 0.163 e. The lowest BCUT2D eigenvalue weighted by Gasteiger charge is -1.78. The molecule has 0 amide bonds. The summed E-state index contributed by atoms with van der Waals surface area (Å²) >= 11 is 0. The van der Waals surface area contributed by atoms with Gasteiger partial charge in [-0.15, -0.1) is 5.10 Å². The lowest BCUT2D eigenvalue weighted by atomic mass is 10.4. The molecular weight excluding hydrogens is 126 g/mol. The summed E-state index contributed by atoms with van der Waals surface area (Å²) in [6.07, 6.45) is 1.53. The molecule has 3 heteroatoms. The van der Waals surface area contributed by atoms with Gasteiger partial charge in [0, 0.05) is 6.20 Å². The van der Waals surface area contributed by atoms with Crippen LogP contribution in [0, 0.1) is 11.3 Å². The topological polar surface area (TPSA) is 49.6 Å². The molecule has 0 radical (unpaired) electrons. The molecule has 0 aliphatic rings. The van der Waals surface area contributed by atoms with Crippen LogP contribution in [-0.4, -0.2) is 10.2 Å². The second-order valence-corrected chi connectivity index (χ2v) is 1.22. The van der Waals surface area contributed by atoms with Gasteiger partial charge in [-0.1, -0.05) is 13.8 Å². The lowest BCUT2D eigenvalue weighted by Crippen LogP contribution is -1.81. The van der Waals surface area contributed by atoms with Crippen LogP contribution in [0.2, 0.25) is 0 Å². The first-order valence-corrected chi connectivity index (χ1v) is 3.11. The van der Waals surface area contributed by atoms with Crippen molar-refractivity contribution in [3.63, 3.8) is 0 Å². The van der Waals surface area contributed by atoms with Crippen molar-refractivity contribution >= 4 is 0 Å². The first-order chi connectivity index (χ1) is 4.93. The SMILES string of the molecule is CC.N#Cc1cccnn1. The molecule has 0 unspecified atom stereocenters. The molecule has 1 aromatic heterocycles. The van der Waals surface area contributed by atoms with Crippen molar-refractivity contribution in [1.29, 1.82) is 5.26 Å². The summed E-state index contributed by atoms with van der Waals surface area (Å²) in [4.78, 5) is 0. The van der Waals surface area contributed by atoms with Gasteiger partial charge in [0.25, 0.3) is 0 Å². The van der Waals surface area contributed by atoms with Gasteiger partial charge in [0.15, 0.2) is 5.69 Å². The predicted molar refractivity (Wildman–Crippen MR) is 38.1 cm³/mol. The first-order valence-electron chi connectivity index (χ1n) is 3.11. The number of nitrogens with zero attached hydrogens (tertiary/aromatic N) is 3. The zero-order valence-electron chi connectivity index (χ0n) is 6.07. The second kappa shape index (κ2) is 5.70. The van der Waals surface area contributed by atoms with Gasteiger partial charge in [-0.05, 0) is 12.1 Å². The zero-order valence-corrected chi connectivity index (χ0v) is 6.07. The number of hydrogen-bond donors (Lipinski definition) is 0. The highest BCUT2D eigenvalue weighted by Gasteiger charge is 1.82. The minimum atomic E-state index is 0.354. The fraction of sp³-hybridized carbons (Fsp3) is 0.286. The van der Waals surface area contributed by atoms with E-state index in [0.29, 0.717) is 5.69 Å². The van der Waals surface area contributed by atoms with Gasteiger partial charge < -0.3 is 0 Å². The van der Waals surface area contributed by atoms with Gasteiger partial charge in [-0.25, -0.2) is 0 Å². The van der Waals surface area contributed by atoms with Crippen molar-refractivity contribution in [1.82, 2.24) is 10.2 Å². The molecule has 1 rings (SSSR count). The highest BCUT2D eigenvalue weighted by molar-refractivity contribution is 5.15. The molecule has 0 saturated carbocycles. The quantitative estimate of drug-likeness (QED) is 0.540. The van der Waals surface area contributed by atoms with E-state index in [-0.39, 0.29) is 0 Å². The summed E-state index contributed by atoms with van der Waals surface area (Å²) in [5.41, 5.74) is 0.354. The monoisotopic (exact) mass is 135 g/mol. The van der Waals surface area contributed by atoms with Crippen molar-refractivity contribution in [3.8, 4) is 6.07 Å². The van der Waals surface area contributed by atoms with Gasteiger partial charge in [-0.3, -0.25) is 0 Å². The maximum Gasteiger partial charge on any atom is 0.163 e. The van der Waals surface area contributed by atoms with Crippen LogP contribution in [0.25, 0.3) is 0 Å². The van der Waals surface area contributed by atoms with E-state index < -0.39 is 0 Å². The number of hydrogen-bond acceptors (Lipinski definition) is 3. The number of aromatic nitrogens is 2. The Labute approximate surface area is 60.3 Å². The molecule has 0 aromatic carbocycles. The van der Waals surface area contributed by atoms with E-state index in [1.807, 2.05) is 19.9 Å². The highest BCUT2D eigenvalue weighted by atomic mass is 15.1. The summed E-state index contributed by atoms with van der Waals surface area (Å²) in [6, 6.07) is 5.13. The van der Waals surface area contributed by atoms with Gasteiger partial charge >= 0.3 is 0 Å². The van der Waals surface area contributed by atoms with Gasteiger partial charge in [0.2, 0.25) is 0 Å². The van der Waals surface area contributed by atoms with Crippen LogP contribution in [0.15, 0.2) is 18.3 Å². The molecule has 1 heterocycles. The van der Waals surface area contributed by atoms with Crippen LogP contribution in [0.5, 0.6) is 0 Å². The number of nitriles is 1. The summed E-state index contributed by atoms with van der Waals surface area (Å²) in [5.74, 6) is 0. The van der Waals surface area contributed by atoms with Crippen LogP contribution in [0.3, 0.4) is 0 Å². The maximum atomic E-state index is 8.19. The third-order valence-corrected chi connectivity index (χ3v) is 0.687. The standard InChI is InChI=1S/C5H3N3.C2H6/c6-4-5-2-1-3-7-8-5;1-2/h1-3H;1-2H3. The summed E-state index contributed by atoms with van der Waals surface area (Å²) in [7, 11) is 0. The third kappa shape index (κ3) is 2.78. The van der Waals surface area contributed by atoms with Crippen LogP contribution in [0.4, 0.5) is 0 Å². The Morgan fingerprint density at radius 3 is 2.50 bits per heavy atom. The van der Waals surface area contributed by atoms with Gasteiger partial charge in [-0.2, -0.15) is 10.4 Å². The van der Waals surface area contributed by atoms with Crippen molar-refractivity contribution in [3.05, 3.63) is 24.0 Å². The van der Waals surface area contributed by atoms with E-state index in [9.17, 15) is 0 Å². The molecule has 0 aliphatic carbocycles. The fourth-order valence-electron chi connectivity index (χ4n) is 0.361. The summed E-state index contributed by atoms with van der Waals surface area (Å²) in [6.45, 7) is 4.00. The maximum absolute atomic E-state index is 8.19. The predicted octanol–water partition coefficient (Wildman–Crippen LogP) is 1.37. The molecule has 0 spiro atoms. The Hall–Kier alpha value is -1.43. The Morgan fingerprint density at radius 2 is 2.20 bits per heavy atom. The third-order valence-electron chi connectivity index (χ3n) is 0.687. The average Bonchev–Trinajstić information content (AvgIpc) is 2.10. The highest BCUT2D eigenvalue weighted by Crippen LogP contribution is 1.83. The zero-order chi connectivity index (χ0) is 7.82. The Kier molecular flexibility index (Phi) is 4.89. The second-order valence-electron chi connectivity index (χ2n) is 1.22. The fourth-order valence-corrected chi connectivity index (χ4v) is 0.361. The van der Waals surface area contributed by atoms with Crippen LogP contribution in [-0.2, 0) is 0 Å². The molecule has 0 aliphatic heterocycles. The number of rotatable bonds is 0. The molecule has 0 N–H and O–H groups in total. The van der Waals surface area contributed by atoms with Crippen molar-refractivity contribution in [2.45, 2.75) is 13.8 Å². The van der Waals surface area contributed by atoms with E-state index >= 15 is 0 Å². The Bertz CT molecular complexity index is 200. The van der Waals surface area contributed by atoms with Crippen molar-refractivity contribution < 1.29 is 0 Å². The molecule has 0 atom stereocenters. The molecule has 52 valence electrons. The van der Waals surface area contributed by atoms with E-state index in [1.54, 1.807) is 12.1 Å². The van der Waals surface area contributed by atoms with Crippen LogP contribution in [0.1, 0.15) is 19.5 Å². The molecule has 0 fully saturated rings. The molecule has 3 nitrogen and oxygen atoms in total. The lowest BCUT2D eigenvalue weighted by molar-refractivity contribution is 1.01. The Balaban J connectivity index is 0.000000371. The molecule has 0 saturated heterocycles. The van der Waals surface area contributed by atoms with Crippen molar-refractivity contribution in [2.75, 3.05) is 0 Å². The van der Waals surface area contributed by atoms with Crippen LogP contribution < -0.4 is 0 Å². The first kappa shape index (κ1) is 8.57. The van der Waals surface area contributed by atoms with Gasteiger partial charge in [0.1, 0.15) is 6.07 Å². The van der Waals surface area contributed by atoms with E-state index in [4.69, 9.17) is 5.26 Å². The normalized spacial score (nSPS) is 6.90. The summed E-state index contributed by atoms with van der Waals surface area (Å²) < 4.78 is 0. The van der Waals surface area contributed by atoms with Crippen molar-refractivity contribution in [2.24, 2.45) is 0 Å². The van der Waals surface area contributed by atoms with Crippen LogP contribution >= 0.6 is 0 Å². The molecule has 0 bridgehead atoms. The average molecular weight is 135 g/mol. The van der Waals surface area contributed by atoms with E-state index in [0.717, 1.165) is 0 Å². The minimum absolute atomic E-state index is 0.354. The van der Waals surface area contributed by atoms with E-state index in [2.05, 4.69) is 10.2 Å². The minimum Gasteiger partial charge on any atom is -0.191 e. The summed E-state index contributed by atoms with van der Waals surface area (Å²) in [5, 5.41) is 15.2. The largest absolute Gasteiger partial charge is 0.191 e. The Morgan fingerprint density at radius 1 is 1.50 bits per heavy atom. The molecule has 10 heavy (non-hydrogen) atoms. The molecular formula is C7H9N3. The van der Waals surface area contributed by atoms with E-state index in [1.165, 1.54) is 6.20 Å². The van der Waals surface area contributed by atoms with Gasteiger partial charge in [0.05, 0.1) is 0 Å².